The minimum atomic E-state index is 0.103. The lowest BCUT2D eigenvalue weighted by Crippen LogP contribution is -2.35. The lowest BCUT2D eigenvalue weighted by atomic mass is 10.3. The summed E-state index contributed by atoms with van der Waals surface area (Å²) in [5.74, 6) is 0.103. The van der Waals surface area contributed by atoms with Crippen molar-refractivity contribution >= 4 is 21.8 Å². The Kier molecular flexibility index (Phi) is 5.81. The van der Waals surface area contributed by atoms with Gasteiger partial charge in [-0.25, -0.2) is 0 Å². The fourth-order valence-electron chi connectivity index (χ4n) is 1.61. The Bertz CT molecular complexity index is 416. The second-order valence-corrected chi connectivity index (χ2v) is 4.99. The summed E-state index contributed by atoms with van der Waals surface area (Å²) in [6.45, 7) is 5.75. The van der Waals surface area contributed by atoms with Crippen LogP contribution in [0.3, 0.4) is 0 Å². The van der Waals surface area contributed by atoms with E-state index in [1.807, 2.05) is 18.7 Å². The van der Waals surface area contributed by atoms with Crippen LogP contribution in [-0.4, -0.2) is 40.7 Å². The molecule has 0 radical (unpaired) electrons. The molecular formula is C12H21BrN4O. The first-order chi connectivity index (χ1) is 8.51. The second kappa shape index (κ2) is 6.89. The lowest BCUT2D eigenvalue weighted by molar-refractivity contribution is -0.128. The fraction of sp³-hybridized carbons (Fsp3) is 0.667. The third kappa shape index (κ3) is 3.55. The Morgan fingerprint density at radius 1 is 1.50 bits per heavy atom. The maximum absolute atomic E-state index is 11.6. The highest BCUT2D eigenvalue weighted by molar-refractivity contribution is 9.10. The molecule has 102 valence electrons. The van der Waals surface area contributed by atoms with Crippen molar-refractivity contribution in [2.45, 2.75) is 26.8 Å². The normalized spacial score (nSPS) is 10.7. The SMILES string of the molecule is CCc1nn(C)c(CNCC(=O)N(C)CC)c1Br. The molecule has 0 aromatic carbocycles. The summed E-state index contributed by atoms with van der Waals surface area (Å²) in [6, 6.07) is 0. The molecule has 5 nitrogen and oxygen atoms in total. The molecule has 1 heterocycles. The number of nitrogens with one attached hydrogen (secondary N) is 1. The highest BCUT2D eigenvalue weighted by atomic mass is 79.9. The number of amides is 1. The van der Waals surface area contributed by atoms with Crippen LogP contribution < -0.4 is 5.32 Å². The first-order valence-corrected chi connectivity index (χ1v) is 6.95. The van der Waals surface area contributed by atoms with E-state index >= 15 is 0 Å². The molecule has 1 rings (SSSR count). The summed E-state index contributed by atoms with van der Waals surface area (Å²) in [5.41, 5.74) is 2.12. The maximum atomic E-state index is 11.6. The van der Waals surface area contributed by atoms with Gasteiger partial charge in [0.05, 0.1) is 22.4 Å². The molecule has 0 unspecified atom stereocenters. The van der Waals surface area contributed by atoms with Gasteiger partial charge in [0, 0.05) is 27.2 Å². The number of carbonyl (C=O) groups excluding carboxylic acids is 1. The smallest absolute Gasteiger partial charge is 0.236 e. The van der Waals surface area contributed by atoms with E-state index in [1.54, 1.807) is 11.9 Å². The number of rotatable bonds is 6. The molecule has 0 spiro atoms. The molecule has 0 saturated heterocycles. The zero-order valence-electron chi connectivity index (χ0n) is 11.5. The van der Waals surface area contributed by atoms with E-state index in [-0.39, 0.29) is 5.91 Å². The summed E-state index contributed by atoms with van der Waals surface area (Å²) in [7, 11) is 3.72. The minimum absolute atomic E-state index is 0.103. The van der Waals surface area contributed by atoms with Crippen molar-refractivity contribution in [2.75, 3.05) is 20.1 Å². The van der Waals surface area contributed by atoms with Crippen molar-refractivity contribution in [3.05, 3.63) is 15.9 Å². The predicted octanol–water partition coefficient (Wildman–Crippen LogP) is 1.31. The Hall–Kier alpha value is -0.880. The molecule has 1 aromatic rings. The molecule has 0 atom stereocenters. The van der Waals surface area contributed by atoms with Crippen molar-refractivity contribution in [1.82, 2.24) is 20.0 Å². The van der Waals surface area contributed by atoms with Crippen molar-refractivity contribution in [2.24, 2.45) is 7.05 Å². The lowest BCUT2D eigenvalue weighted by Gasteiger charge is -2.14. The fourth-order valence-corrected chi connectivity index (χ4v) is 2.37. The molecule has 0 saturated carbocycles. The number of halogens is 1. The summed E-state index contributed by atoms with van der Waals surface area (Å²) in [6.07, 6.45) is 0.895. The van der Waals surface area contributed by atoms with Gasteiger partial charge in [0.2, 0.25) is 5.91 Å². The van der Waals surface area contributed by atoms with Gasteiger partial charge in [0.1, 0.15) is 0 Å². The van der Waals surface area contributed by atoms with Gasteiger partial charge in [0.15, 0.2) is 0 Å². The first kappa shape index (κ1) is 15.2. The minimum Gasteiger partial charge on any atom is -0.345 e. The zero-order valence-corrected chi connectivity index (χ0v) is 13.0. The Morgan fingerprint density at radius 2 is 2.17 bits per heavy atom. The summed E-state index contributed by atoms with van der Waals surface area (Å²) >= 11 is 3.55. The summed E-state index contributed by atoms with van der Waals surface area (Å²) < 4.78 is 2.89. The molecule has 0 aliphatic heterocycles. The monoisotopic (exact) mass is 316 g/mol. The van der Waals surface area contributed by atoms with Gasteiger partial charge < -0.3 is 10.2 Å². The zero-order chi connectivity index (χ0) is 13.7. The molecule has 1 amide bonds. The van der Waals surface area contributed by atoms with Gasteiger partial charge in [-0.1, -0.05) is 6.92 Å². The molecule has 0 fully saturated rings. The topological polar surface area (TPSA) is 50.2 Å². The van der Waals surface area contributed by atoms with Crippen LogP contribution in [0.25, 0.3) is 0 Å². The largest absolute Gasteiger partial charge is 0.345 e. The van der Waals surface area contributed by atoms with Crippen LogP contribution in [0.1, 0.15) is 25.2 Å². The highest BCUT2D eigenvalue weighted by Crippen LogP contribution is 2.21. The number of likely N-dealkylation sites (N-methyl/N-ethyl adjacent to an activating group) is 1. The summed E-state index contributed by atoms with van der Waals surface area (Å²) in [4.78, 5) is 13.3. The van der Waals surface area contributed by atoms with Crippen LogP contribution >= 0.6 is 15.9 Å². The number of aryl methyl sites for hydroxylation is 2. The molecule has 1 aromatic heterocycles. The molecule has 1 N–H and O–H groups in total. The third-order valence-corrected chi connectivity index (χ3v) is 3.89. The van der Waals surface area contributed by atoms with Crippen LogP contribution in [0.5, 0.6) is 0 Å². The quantitative estimate of drug-likeness (QED) is 0.861. The van der Waals surface area contributed by atoms with Gasteiger partial charge in [-0.05, 0) is 29.3 Å². The Labute approximate surface area is 117 Å². The van der Waals surface area contributed by atoms with E-state index in [0.29, 0.717) is 13.1 Å². The molecular weight excluding hydrogens is 296 g/mol. The van der Waals surface area contributed by atoms with Crippen molar-refractivity contribution in [1.29, 1.82) is 0 Å². The molecule has 18 heavy (non-hydrogen) atoms. The third-order valence-electron chi connectivity index (χ3n) is 2.97. The standard InChI is InChI=1S/C12H21BrN4O/c1-5-9-12(13)10(17(4)15-9)7-14-8-11(18)16(3)6-2/h14H,5-8H2,1-4H3. The van der Waals surface area contributed by atoms with Gasteiger partial charge in [-0.3, -0.25) is 9.48 Å². The van der Waals surface area contributed by atoms with Crippen LogP contribution in [-0.2, 0) is 24.8 Å². The molecule has 0 bridgehead atoms. The number of hydrogen-bond acceptors (Lipinski definition) is 3. The van der Waals surface area contributed by atoms with E-state index < -0.39 is 0 Å². The molecule has 0 aliphatic carbocycles. The predicted molar refractivity (Wildman–Crippen MR) is 75.3 cm³/mol. The number of carbonyl (C=O) groups is 1. The van der Waals surface area contributed by atoms with E-state index in [2.05, 4.69) is 33.3 Å². The number of nitrogens with zero attached hydrogens (tertiary/aromatic N) is 3. The summed E-state index contributed by atoms with van der Waals surface area (Å²) in [5, 5.41) is 7.57. The number of hydrogen-bond donors (Lipinski definition) is 1. The Balaban J connectivity index is 2.54. The molecule has 6 heteroatoms. The maximum Gasteiger partial charge on any atom is 0.236 e. The average molecular weight is 317 g/mol. The van der Waals surface area contributed by atoms with Gasteiger partial charge >= 0.3 is 0 Å². The first-order valence-electron chi connectivity index (χ1n) is 6.16. The van der Waals surface area contributed by atoms with Gasteiger partial charge in [0.25, 0.3) is 0 Å². The van der Waals surface area contributed by atoms with Crippen LogP contribution in [0, 0.1) is 0 Å². The van der Waals surface area contributed by atoms with Gasteiger partial charge in [-0.15, -0.1) is 0 Å². The van der Waals surface area contributed by atoms with Crippen molar-refractivity contribution < 1.29 is 4.79 Å². The van der Waals surface area contributed by atoms with E-state index in [4.69, 9.17) is 0 Å². The van der Waals surface area contributed by atoms with Crippen LogP contribution in [0.2, 0.25) is 0 Å². The average Bonchev–Trinajstić information content (AvgIpc) is 2.64. The van der Waals surface area contributed by atoms with Crippen LogP contribution in [0.4, 0.5) is 0 Å². The Morgan fingerprint density at radius 3 is 2.67 bits per heavy atom. The van der Waals surface area contributed by atoms with Crippen molar-refractivity contribution in [3.63, 3.8) is 0 Å². The van der Waals surface area contributed by atoms with E-state index in [0.717, 1.165) is 28.8 Å². The van der Waals surface area contributed by atoms with E-state index in [1.165, 1.54) is 0 Å². The second-order valence-electron chi connectivity index (χ2n) is 4.20. The van der Waals surface area contributed by atoms with Gasteiger partial charge in [-0.2, -0.15) is 5.10 Å². The highest BCUT2D eigenvalue weighted by Gasteiger charge is 2.13. The van der Waals surface area contributed by atoms with E-state index in [9.17, 15) is 4.79 Å². The van der Waals surface area contributed by atoms with Crippen LogP contribution in [0.15, 0.2) is 4.47 Å². The molecule has 0 aliphatic rings. The van der Waals surface area contributed by atoms with Crippen molar-refractivity contribution in [3.8, 4) is 0 Å². The number of aromatic nitrogens is 2.